The van der Waals surface area contributed by atoms with Crippen LogP contribution in [0.3, 0.4) is 0 Å². The molecule has 5 nitrogen and oxygen atoms in total. The molecule has 0 fully saturated rings. The van der Waals surface area contributed by atoms with E-state index in [1.807, 2.05) is 24.4 Å². The van der Waals surface area contributed by atoms with Gasteiger partial charge in [-0.3, -0.25) is 9.89 Å². The molecule has 17 heavy (non-hydrogen) atoms. The summed E-state index contributed by atoms with van der Waals surface area (Å²) < 4.78 is 0. The zero-order chi connectivity index (χ0) is 12.3. The highest BCUT2D eigenvalue weighted by atomic mass is 32.1. The van der Waals surface area contributed by atoms with Gasteiger partial charge in [-0.05, 0) is 18.4 Å². The fraction of sp³-hybridized carbons (Fsp3) is 0.273. The van der Waals surface area contributed by atoms with Crippen LogP contribution in [0, 0.1) is 6.92 Å². The Morgan fingerprint density at radius 1 is 1.71 bits per heavy atom. The molecule has 90 valence electrons. The van der Waals surface area contributed by atoms with E-state index in [0.29, 0.717) is 6.54 Å². The normalized spacial score (nSPS) is 12.4. The number of aromatic amines is 1. The molecule has 2 rings (SSSR count). The molecular weight excluding hydrogens is 236 g/mol. The molecule has 0 aromatic carbocycles. The van der Waals surface area contributed by atoms with Crippen molar-refractivity contribution in [1.29, 1.82) is 0 Å². The molecule has 0 spiro atoms. The van der Waals surface area contributed by atoms with Gasteiger partial charge in [0.1, 0.15) is 6.04 Å². The number of aryl methyl sites for hydroxylation is 1. The minimum absolute atomic E-state index is 0.173. The fourth-order valence-electron chi connectivity index (χ4n) is 1.44. The van der Waals surface area contributed by atoms with Crippen LogP contribution in [-0.2, 0) is 11.3 Å². The van der Waals surface area contributed by atoms with Crippen molar-refractivity contribution in [3.8, 4) is 0 Å². The van der Waals surface area contributed by atoms with Crippen LogP contribution in [0.1, 0.15) is 22.2 Å². The first kappa shape index (κ1) is 11.8. The number of thiophene rings is 1. The van der Waals surface area contributed by atoms with Crippen molar-refractivity contribution in [2.45, 2.75) is 19.5 Å². The number of hydrogen-bond acceptors (Lipinski definition) is 4. The van der Waals surface area contributed by atoms with Crippen molar-refractivity contribution in [3.63, 3.8) is 0 Å². The Balaban J connectivity index is 1.92. The summed E-state index contributed by atoms with van der Waals surface area (Å²) in [6, 6.07) is 3.15. The summed E-state index contributed by atoms with van der Waals surface area (Å²) in [7, 11) is 0. The summed E-state index contributed by atoms with van der Waals surface area (Å²) in [5, 5.41) is 11.4. The Morgan fingerprint density at radius 2 is 2.53 bits per heavy atom. The zero-order valence-corrected chi connectivity index (χ0v) is 10.3. The topological polar surface area (TPSA) is 83.8 Å². The largest absolute Gasteiger partial charge is 0.350 e. The van der Waals surface area contributed by atoms with Crippen LogP contribution in [0.2, 0.25) is 0 Å². The molecule has 4 N–H and O–H groups in total. The highest BCUT2D eigenvalue weighted by Crippen LogP contribution is 2.16. The summed E-state index contributed by atoms with van der Waals surface area (Å²) in [6.07, 6.45) is 1.70. The van der Waals surface area contributed by atoms with Gasteiger partial charge < -0.3 is 11.1 Å². The van der Waals surface area contributed by atoms with Crippen LogP contribution in [0.25, 0.3) is 0 Å². The first-order valence-electron chi connectivity index (χ1n) is 5.24. The van der Waals surface area contributed by atoms with Crippen LogP contribution < -0.4 is 11.1 Å². The van der Waals surface area contributed by atoms with Crippen LogP contribution in [0.5, 0.6) is 0 Å². The monoisotopic (exact) mass is 250 g/mol. The van der Waals surface area contributed by atoms with E-state index in [1.165, 1.54) is 11.3 Å². The molecule has 0 bridgehead atoms. The van der Waals surface area contributed by atoms with E-state index in [-0.39, 0.29) is 5.91 Å². The molecule has 1 amide bonds. The van der Waals surface area contributed by atoms with Gasteiger partial charge in [0, 0.05) is 22.7 Å². The molecule has 2 aromatic rings. The molecule has 0 radical (unpaired) electrons. The number of nitrogens with one attached hydrogen (secondary N) is 2. The number of nitrogens with zero attached hydrogens (tertiary/aromatic N) is 1. The fourth-order valence-corrected chi connectivity index (χ4v) is 2.17. The molecule has 0 aliphatic heterocycles. The van der Waals surface area contributed by atoms with Crippen LogP contribution in [0.4, 0.5) is 0 Å². The van der Waals surface area contributed by atoms with E-state index in [4.69, 9.17) is 5.73 Å². The quantitative estimate of drug-likeness (QED) is 0.759. The number of aromatic nitrogens is 2. The predicted molar refractivity (Wildman–Crippen MR) is 66.4 cm³/mol. The van der Waals surface area contributed by atoms with Gasteiger partial charge in [0.2, 0.25) is 5.91 Å². The van der Waals surface area contributed by atoms with Gasteiger partial charge in [-0.1, -0.05) is 6.07 Å². The second-order valence-electron chi connectivity index (χ2n) is 3.73. The number of nitrogens with two attached hydrogens (primary N) is 1. The minimum atomic E-state index is -0.595. The van der Waals surface area contributed by atoms with Crippen LogP contribution in [-0.4, -0.2) is 16.1 Å². The smallest absolute Gasteiger partial charge is 0.242 e. The Bertz CT molecular complexity index is 491. The third-order valence-corrected chi connectivity index (χ3v) is 3.47. The standard InChI is InChI=1S/C11H14N4OS/c1-7-8(6-14-15-7)5-13-11(16)10(12)9-3-2-4-17-9/h2-4,6,10H,5,12H2,1H3,(H,13,16)(H,14,15). The maximum Gasteiger partial charge on any atom is 0.242 e. The first-order chi connectivity index (χ1) is 8.18. The van der Waals surface area contributed by atoms with E-state index in [0.717, 1.165) is 16.1 Å². The van der Waals surface area contributed by atoms with E-state index in [2.05, 4.69) is 15.5 Å². The van der Waals surface area contributed by atoms with Crippen molar-refractivity contribution in [2.75, 3.05) is 0 Å². The van der Waals surface area contributed by atoms with Gasteiger partial charge in [0.15, 0.2) is 0 Å². The molecule has 1 unspecified atom stereocenters. The molecule has 2 heterocycles. The van der Waals surface area contributed by atoms with E-state index >= 15 is 0 Å². The minimum Gasteiger partial charge on any atom is -0.350 e. The maximum absolute atomic E-state index is 11.8. The second-order valence-corrected chi connectivity index (χ2v) is 4.71. The van der Waals surface area contributed by atoms with Crippen LogP contribution in [0.15, 0.2) is 23.7 Å². The predicted octanol–water partition coefficient (Wildman–Crippen LogP) is 1.10. The number of carbonyl (C=O) groups is 1. The van der Waals surface area contributed by atoms with Crippen molar-refractivity contribution >= 4 is 17.2 Å². The first-order valence-corrected chi connectivity index (χ1v) is 6.12. The van der Waals surface area contributed by atoms with Crippen molar-refractivity contribution in [2.24, 2.45) is 5.73 Å². The number of H-pyrrole nitrogens is 1. The number of hydrogen-bond donors (Lipinski definition) is 3. The summed E-state index contributed by atoms with van der Waals surface area (Å²) in [5.74, 6) is -0.173. The van der Waals surface area contributed by atoms with Gasteiger partial charge in [-0.2, -0.15) is 5.10 Å². The van der Waals surface area contributed by atoms with Gasteiger partial charge in [0.25, 0.3) is 0 Å². The lowest BCUT2D eigenvalue weighted by Crippen LogP contribution is -2.33. The lowest BCUT2D eigenvalue weighted by molar-refractivity contribution is -0.122. The lowest BCUT2D eigenvalue weighted by atomic mass is 10.2. The third-order valence-electron chi connectivity index (χ3n) is 2.52. The Hall–Kier alpha value is -1.66. The van der Waals surface area contributed by atoms with Gasteiger partial charge in [0.05, 0.1) is 6.20 Å². The Labute approximate surface area is 103 Å². The van der Waals surface area contributed by atoms with Gasteiger partial charge in [-0.25, -0.2) is 0 Å². The van der Waals surface area contributed by atoms with Crippen molar-refractivity contribution in [3.05, 3.63) is 39.8 Å². The summed E-state index contributed by atoms with van der Waals surface area (Å²) >= 11 is 1.48. The average molecular weight is 250 g/mol. The molecule has 0 aliphatic carbocycles. The molecule has 0 aliphatic rings. The van der Waals surface area contributed by atoms with Crippen molar-refractivity contribution in [1.82, 2.24) is 15.5 Å². The van der Waals surface area contributed by atoms with Gasteiger partial charge >= 0.3 is 0 Å². The zero-order valence-electron chi connectivity index (χ0n) is 9.43. The van der Waals surface area contributed by atoms with E-state index in [1.54, 1.807) is 6.20 Å². The van der Waals surface area contributed by atoms with Gasteiger partial charge in [-0.15, -0.1) is 11.3 Å². The maximum atomic E-state index is 11.8. The highest BCUT2D eigenvalue weighted by Gasteiger charge is 2.16. The van der Waals surface area contributed by atoms with Crippen molar-refractivity contribution < 1.29 is 4.79 Å². The summed E-state index contributed by atoms with van der Waals surface area (Å²) in [6.45, 7) is 2.36. The molecule has 6 heteroatoms. The summed E-state index contributed by atoms with van der Waals surface area (Å²) in [5.41, 5.74) is 7.76. The highest BCUT2D eigenvalue weighted by molar-refractivity contribution is 7.10. The molecule has 2 aromatic heterocycles. The molecular formula is C11H14N4OS. The third kappa shape index (κ3) is 2.72. The number of rotatable bonds is 4. The molecule has 1 atom stereocenters. The van der Waals surface area contributed by atoms with E-state index < -0.39 is 6.04 Å². The lowest BCUT2D eigenvalue weighted by Gasteiger charge is -2.10. The SMILES string of the molecule is Cc1[nH]ncc1CNC(=O)C(N)c1cccs1. The van der Waals surface area contributed by atoms with E-state index in [9.17, 15) is 4.79 Å². The number of carbonyl (C=O) groups excluding carboxylic acids is 1. The molecule has 0 saturated heterocycles. The second kappa shape index (κ2) is 5.11. The number of amides is 1. The molecule has 0 saturated carbocycles. The Kier molecular flexibility index (Phi) is 3.55. The van der Waals surface area contributed by atoms with Crippen LogP contribution >= 0.6 is 11.3 Å². The average Bonchev–Trinajstić information content (AvgIpc) is 2.96. The summed E-state index contributed by atoms with van der Waals surface area (Å²) in [4.78, 5) is 12.7. The Morgan fingerprint density at radius 3 is 3.12 bits per heavy atom.